The molecular weight excluding hydrogens is 551 g/mol. The van der Waals surface area contributed by atoms with E-state index in [1.165, 1.54) is 81.6 Å². The molecule has 0 amide bonds. The van der Waals surface area contributed by atoms with Gasteiger partial charge in [-0.2, -0.15) is 0 Å². The first-order valence-electron chi connectivity index (χ1n) is 17.4. The van der Waals surface area contributed by atoms with Crippen molar-refractivity contribution in [3.05, 3.63) is 95.9 Å². The average Bonchev–Trinajstić information content (AvgIpc) is 3.05. The maximum atomic E-state index is 12.6. The van der Waals surface area contributed by atoms with Gasteiger partial charge in [0, 0.05) is 12.0 Å². The lowest BCUT2D eigenvalue weighted by Crippen LogP contribution is -2.04. The molecule has 0 N–H and O–H groups in total. The zero-order valence-corrected chi connectivity index (χ0v) is 31.8. The molecule has 1 aromatic carbocycles. The van der Waals surface area contributed by atoms with Crippen molar-refractivity contribution in [2.45, 2.75) is 154 Å². The third kappa shape index (κ3) is 43.3. The van der Waals surface area contributed by atoms with Crippen LogP contribution in [0.15, 0.2) is 84.5 Å². The van der Waals surface area contributed by atoms with E-state index in [0.717, 1.165) is 23.5 Å². The molecule has 1 aliphatic carbocycles. The molecule has 45 heavy (non-hydrogen) atoms. The molecule has 1 aliphatic rings. The molecule has 0 bridgehead atoms. The fourth-order valence-corrected chi connectivity index (χ4v) is 3.26. The summed E-state index contributed by atoms with van der Waals surface area (Å²) >= 11 is 0. The Hall–Kier alpha value is -2.92. The van der Waals surface area contributed by atoms with Gasteiger partial charge >= 0.3 is 0 Å². The zero-order valence-electron chi connectivity index (χ0n) is 31.8. The molecule has 2 rings (SSSR count). The van der Waals surface area contributed by atoms with Crippen molar-refractivity contribution in [2.24, 2.45) is 5.92 Å². The minimum absolute atomic E-state index is 0.000826. The summed E-state index contributed by atoms with van der Waals surface area (Å²) in [5.41, 5.74) is 3.87. The van der Waals surface area contributed by atoms with Crippen molar-refractivity contribution in [3.63, 3.8) is 0 Å². The summed E-state index contributed by atoms with van der Waals surface area (Å²) in [6, 6.07) is 5.94. The van der Waals surface area contributed by atoms with E-state index in [2.05, 4.69) is 86.1 Å². The summed E-state index contributed by atoms with van der Waals surface area (Å²) in [6.45, 7) is 32.1. The lowest BCUT2D eigenvalue weighted by molar-refractivity contribution is -0.114. The van der Waals surface area contributed by atoms with Crippen molar-refractivity contribution in [3.8, 4) is 12.3 Å². The predicted molar refractivity (Wildman–Crippen MR) is 206 cm³/mol. The fraction of sp³-hybridized carbons (Fsp3) is 0.558. The minimum Gasteiger partial charge on any atom is -0.294 e. The number of Topliss-reactive ketones (excluding diaryl/α,β-unsaturated/α-hetero) is 1. The van der Waals surface area contributed by atoms with E-state index in [9.17, 15) is 9.18 Å². The van der Waals surface area contributed by atoms with Crippen molar-refractivity contribution in [1.29, 1.82) is 0 Å². The van der Waals surface area contributed by atoms with E-state index in [1.54, 1.807) is 32.1 Å². The van der Waals surface area contributed by atoms with Crippen molar-refractivity contribution < 1.29 is 9.18 Å². The third-order valence-corrected chi connectivity index (χ3v) is 6.39. The molecule has 0 unspecified atom stereocenters. The molecule has 0 spiro atoms. The fourth-order valence-electron chi connectivity index (χ4n) is 3.26. The maximum absolute atomic E-state index is 12.6. The average molecular weight is 625 g/mol. The number of hydrogen-bond acceptors (Lipinski definition) is 1. The van der Waals surface area contributed by atoms with Crippen LogP contribution in [0.3, 0.4) is 0 Å². The van der Waals surface area contributed by atoms with E-state index in [0.29, 0.717) is 5.57 Å². The number of unbranched alkanes of at least 4 members (excludes halogenated alkanes) is 2. The van der Waals surface area contributed by atoms with Gasteiger partial charge in [0.2, 0.25) is 0 Å². The predicted octanol–water partition coefficient (Wildman–Crippen LogP) is 14.4. The first kappa shape index (κ1) is 51.6. The van der Waals surface area contributed by atoms with Gasteiger partial charge < -0.3 is 0 Å². The number of carbonyl (C=O) groups excluding carboxylic acids is 1. The minimum atomic E-state index is -0.291. The van der Waals surface area contributed by atoms with E-state index >= 15 is 0 Å². The largest absolute Gasteiger partial charge is 0.294 e. The second kappa shape index (κ2) is 43.2. The highest BCUT2D eigenvalue weighted by Gasteiger charge is 2.07. The molecular formula is C43H73FO. The number of terminal acetylenes is 1. The number of carbonyl (C=O) groups is 1. The number of benzene rings is 1. The first-order valence-corrected chi connectivity index (χ1v) is 17.4. The molecule has 1 aromatic rings. The van der Waals surface area contributed by atoms with Gasteiger partial charge in [-0.3, -0.25) is 4.79 Å². The summed E-state index contributed by atoms with van der Waals surface area (Å²) in [7, 11) is 0. The number of ketones is 1. The number of allylic oxidation sites excluding steroid dienone is 8. The molecule has 1 fully saturated rings. The van der Waals surface area contributed by atoms with Crippen LogP contribution in [0.2, 0.25) is 0 Å². The topological polar surface area (TPSA) is 17.1 Å². The monoisotopic (exact) mass is 625 g/mol. The molecule has 0 heterocycles. The summed E-state index contributed by atoms with van der Waals surface area (Å²) in [4.78, 5) is 11.6. The summed E-state index contributed by atoms with van der Waals surface area (Å²) in [5, 5.41) is 0. The van der Waals surface area contributed by atoms with E-state index in [4.69, 9.17) is 0 Å². The van der Waals surface area contributed by atoms with Gasteiger partial charge in [-0.25, -0.2) is 4.39 Å². The molecule has 1 saturated carbocycles. The van der Waals surface area contributed by atoms with E-state index in [-0.39, 0.29) is 18.0 Å². The van der Waals surface area contributed by atoms with Crippen molar-refractivity contribution in [2.75, 3.05) is 0 Å². The van der Waals surface area contributed by atoms with Gasteiger partial charge in [0.15, 0.2) is 5.78 Å². The summed E-state index contributed by atoms with van der Waals surface area (Å²) in [6.07, 6.45) is 28.2. The van der Waals surface area contributed by atoms with Crippen molar-refractivity contribution >= 4 is 5.78 Å². The molecule has 0 saturated heterocycles. The van der Waals surface area contributed by atoms with Gasteiger partial charge in [0.1, 0.15) is 5.82 Å². The summed E-state index contributed by atoms with van der Waals surface area (Å²) in [5.74, 6) is 2.99. The lowest BCUT2D eigenvalue weighted by atomic mass is 9.91. The maximum Gasteiger partial charge on any atom is 0.166 e. The van der Waals surface area contributed by atoms with E-state index < -0.39 is 0 Å². The number of hydrogen-bond donors (Lipinski definition) is 0. The van der Waals surface area contributed by atoms with Crippen LogP contribution in [0.25, 0.3) is 0 Å². The standard InChI is InChI=1S/C13H13FO.C10H16.C7H14.2C4H10.C3H4.C2H6/c1-3-11(4-2)13(15)9-10-5-7-12(14)8-6-10;1-5-10(6-2)8-7-9(3)4;1-7-5-3-2-4-6-7;2*1-3-4-2;1-3-2;1-2/h3-8H,1,9H2,2H3;5,7-8H,3,6H2,1-2,4H3;7H,2-6H2,1H3;2*3-4H2,1-2H3;1H,2H3;1-2H3/b11-4+;8-7-,10-5-;;;;;. The van der Waals surface area contributed by atoms with Crippen molar-refractivity contribution in [1.82, 2.24) is 0 Å². The molecule has 2 heteroatoms. The van der Waals surface area contributed by atoms with E-state index in [1.807, 2.05) is 26.8 Å². The third-order valence-electron chi connectivity index (χ3n) is 6.39. The Kier molecular flexibility index (Phi) is 49.6. The highest BCUT2D eigenvalue weighted by Crippen LogP contribution is 2.22. The molecule has 0 aromatic heterocycles. The second-order valence-electron chi connectivity index (χ2n) is 10.6. The van der Waals surface area contributed by atoms with Gasteiger partial charge in [-0.1, -0.05) is 180 Å². The SMILES string of the molecule is C#CC.C=C(C)/C=C\C(=C/C)CC.C=C/C(=C\C)C(=O)Cc1ccc(F)cc1.CC.CC1CCCCC1.CCCC.CCCC. The highest BCUT2D eigenvalue weighted by molar-refractivity contribution is 5.99. The Morgan fingerprint density at radius 3 is 1.62 bits per heavy atom. The van der Waals surface area contributed by atoms with Crippen LogP contribution in [-0.4, -0.2) is 5.78 Å². The van der Waals surface area contributed by atoms with Gasteiger partial charge in [0.05, 0.1) is 0 Å². The number of rotatable bonds is 9. The Balaban J connectivity index is -0.000000154. The Labute approximate surface area is 282 Å². The van der Waals surface area contributed by atoms with Gasteiger partial charge in [-0.15, -0.1) is 12.3 Å². The second-order valence-corrected chi connectivity index (χ2v) is 10.6. The lowest BCUT2D eigenvalue weighted by Gasteiger charge is -2.15. The molecule has 258 valence electrons. The van der Waals surface area contributed by atoms with Crippen LogP contribution in [0.1, 0.15) is 153 Å². The Morgan fingerprint density at radius 1 is 0.911 bits per heavy atom. The zero-order chi connectivity index (χ0) is 35.9. The quantitative estimate of drug-likeness (QED) is 0.152. The van der Waals surface area contributed by atoms with Crippen LogP contribution in [0.4, 0.5) is 4.39 Å². The van der Waals surface area contributed by atoms with Crippen LogP contribution in [0.5, 0.6) is 0 Å². The Morgan fingerprint density at radius 2 is 1.36 bits per heavy atom. The normalized spacial score (nSPS) is 12.1. The number of halogens is 1. The van der Waals surface area contributed by atoms with Crippen LogP contribution >= 0.6 is 0 Å². The first-order chi connectivity index (χ1) is 21.5. The Bertz CT molecular complexity index is 908. The summed E-state index contributed by atoms with van der Waals surface area (Å²) < 4.78 is 12.6. The van der Waals surface area contributed by atoms with Gasteiger partial charge in [0.25, 0.3) is 0 Å². The molecule has 0 radical (unpaired) electrons. The highest BCUT2D eigenvalue weighted by atomic mass is 19.1. The van der Waals surface area contributed by atoms with Gasteiger partial charge in [-0.05, 0) is 57.7 Å². The van der Waals surface area contributed by atoms with Crippen LogP contribution < -0.4 is 0 Å². The molecule has 0 aliphatic heterocycles. The van der Waals surface area contributed by atoms with Crippen LogP contribution in [-0.2, 0) is 11.2 Å². The smallest absolute Gasteiger partial charge is 0.166 e. The molecule has 1 nitrogen and oxygen atoms in total. The molecule has 0 atom stereocenters. The van der Waals surface area contributed by atoms with Crippen LogP contribution in [0, 0.1) is 24.1 Å².